The summed E-state index contributed by atoms with van der Waals surface area (Å²) in [4.78, 5) is 36.7. The molecule has 0 aliphatic heterocycles. The van der Waals surface area contributed by atoms with Crippen LogP contribution in [0, 0.1) is 6.92 Å². The van der Waals surface area contributed by atoms with E-state index in [-0.39, 0.29) is 12.5 Å². The summed E-state index contributed by atoms with van der Waals surface area (Å²) in [5.74, 6) is -1.32. The number of hydrazone groups is 1. The highest BCUT2D eigenvalue weighted by Gasteiger charge is 2.13. The molecule has 3 N–H and O–H groups in total. The van der Waals surface area contributed by atoms with Crippen molar-refractivity contribution in [3.63, 3.8) is 0 Å². The number of aryl methyl sites for hydroxylation is 1. The molecule has 9 nitrogen and oxygen atoms in total. The third-order valence-electron chi connectivity index (χ3n) is 4.86. The van der Waals surface area contributed by atoms with E-state index in [1.807, 2.05) is 6.92 Å². The fourth-order valence-electron chi connectivity index (χ4n) is 3.00. The number of benzene rings is 3. The van der Waals surface area contributed by atoms with Gasteiger partial charge < -0.3 is 20.1 Å². The number of anilines is 2. The average Bonchev–Trinajstić information content (AvgIpc) is 2.89. The second-order valence-corrected chi connectivity index (χ2v) is 9.11. The van der Waals surface area contributed by atoms with E-state index < -0.39 is 11.8 Å². The standard InChI is InChI=1S/C27H24BrClN4O5/c1-3-12-37-22-9-7-21(8-10-22)31-26(35)27(36)33-30-15-18-13-19(28)5-11-24(18)38-16-25(34)32-23-14-20(29)6-4-17(23)2/h3-11,13-15H,1,12,16H2,2H3,(H,31,35)(H,32,34)(H,33,36)/b30-15-. The predicted octanol–water partition coefficient (Wildman–Crippen LogP) is 5.08. The van der Waals surface area contributed by atoms with Gasteiger partial charge in [-0.3, -0.25) is 14.4 Å². The van der Waals surface area contributed by atoms with Crippen molar-refractivity contribution in [2.75, 3.05) is 23.8 Å². The summed E-state index contributed by atoms with van der Waals surface area (Å²) in [5.41, 5.74) is 4.48. The van der Waals surface area contributed by atoms with E-state index >= 15 is 0 Å². The lowest BCUT2D eigenvalue weighted by Gasteiger charge is -2.11. The second-order valence-electron chi connectivity index (χ2n) is 7.76. The molecule has 0 spiro atoms. The van der Waals surface area contributed by atoms with Gasteiger partial charge in [-0.1, -0.05) is 46.3 Å². The lowest BCUT2D eigenvalue weighted by Crippen LogP contribution is -2.32. The van der Waals surface area contributed by atoms with Gasteiger partial charge in [0.1, 0.15) is 18.1 Å². The van der Waals surface area contributed by atoms with Gasteiger partial charge in [-0.05, 0) is 67.1 Å². The molecule has 38 heavy (non-hydrogen) atoms. The first-order chi connectivity index (χ1) is 18.2. The number of amides is 3. The molecule has 0 heterocycles. The fourth-order valence-corrected chi connectivity index (χ4v) is 3.55. The molecule has 0 unspecified atom stereocenters. The summed E-state index contributed by atoms with van der Waals surface area (Å²) in [7, 11) is 0. The molecule has 0 aliphatic carbocycles. The number of hydrogen-bond acceptors (Lipinski definition) is 6. The van der Waals surface area contributed by atoms with E-state index in [1.165, 1.54) is 6.21 Å². The Labute approximate surface area is 233 Å². The van der Waals surface area contributed by atoms with E-state index in [0.717, 1.165) is 10.0 Å². The summed E-state index contributed by atoms with van der Waals surface area (Å²) in [6.45, 7) is 5.50. The maximum Gasteiger partial charge on any atom is 0.329 e. The summed E-state index contributed by atoms with van der Waals surface area (Å²) in [5, 5.41) is 9.56. The summed E-state index contributed by atoms with van der Waals surface area (Å²) in [6, 6.07) is 16.7. The minimum Gasteiger partial charge on any atom is -0.490 e. The van der Waals surface area contributed by atoms with Gasteiger partial charge in [-0.2, -0.15) is 5.10 Å². The summed E-state index contributed by atoms with van der Waals surface area (Å²) >= 11 is 9.36. The number of carbonyl (C=O) groups excluding carboxylic acids is 3. The van der Waals surface area contributed by atoms with Crippen molar-refractivity contribution in [2.24, 2.45) is 5.10 Å². The first kappa shape index (κ1) is 28.4. The number of carbonyl (C=O) groups is 3. The van der Waals surface area contributed by atoms with E-state index in [0.29, 0.717) is 40.1 Å². The van der Waals surface area contributed by atoms with Crippen LogP contribution in [0.15, 0.2) is 82.9 Å². The maximum absolute atomic E-state index is 12.4. The predicted molar refractivity (Wildman–Crippen MR) is 151 cm³/mol. The average molecular weight is 600 g/mol. The molecular weight excluding hydrogens is 576 g/mol. The van der Waals surface area contributed by atoms with Gasteiger partial charge in [0.15, 0.2) is 6.61 Å². The molecule has 0 atom stereocenters. The van der Waals surface area contributed by atoms with Crippen molar-refractivity contribution in [3.05, 3.63) is 93.9 Å². The molecule has 3 amide bonds. The van der Waals surface area contributed by atoms with Gasteiger partial charge in [0.2, 0.25) is 0 Å². The monoisotopic (exact) mass is 598 g/mol. The molecule has 196 valence electrons. The Morgan fingerprint density at radius 1 is 1.00 bits per heavy atom. The summed E-state index contributed by atoms with van der Waals surface area (Å²) in [6.07, 6.45) is 2.92. The summed E-state index contributed by atoms with van der Waals surface area (Å²) < 4.78 is 11.7. The van der Waals surface area contributed by atoms with E-state index in [2.05, 4.69) is 43.7 Å². The van der Waals surface area contributed by atoms with Crippen LogP contribution in [0.1, 0.15) is 11.1 Å². The van der Waals surface area contributed by atoms with Crippen LogP contribution in [0.2, 0.25) is 5.02 Å². The quantitative estimate of drug-likeness (QED) is 0.130. The normalized spacial score (nSPS) is 10.5. The Kier molecular flexibility index (Phi) is 10.4. The van der Waals surface area contributed by atoms with Crippen molar-refractivity contribution < 1.29 is 23.9 Å². The molecule has 3 aromatic carbocycles. The number of nitrogens with zero attached hydrogens (tertiary/aromatic N) is 1. The van der Waals surface area contributed by atoms with Crippen LogP contribution in [0.3, 0.4) is 0 Å². The van der Waals surface area contributed by atoms with Crippen LogP contribution in [0.5, 0.6) is 11.5 Å². The zero-order valence-electron chi connectivity index (χ0n) is 20.3. The minimum atomic E-state index is -0.970. The maximum atomic E-state index is 12.4. The van der Waals surface area contributed by atoms with E-state index in [9.17, 15) is 14.4 Å². The zero-order valence-corrected chi connectivity index (χ0v) is 22.6. The lowest BCUT2D eigenvalue weighted by molar-refractivity contribution is -0.136. The van der Waals surface area contributed by atoms with Gasteiger partial charge in [-0.15, -0.1) is 0 Å². The van der Waals surface area contributed by atoms with Crippen LogP contribution in [-0.4, -0.2) is 37.1 Å². The van der Waals surface area contributed by atoms with E-state index in [1.54, 1.807) is 66.7 Å². The Morgan fingerprint density at radius 3 is 2.50 bits per heavy atom. The van der Waals surface area contributed by atoms with Gasteiger partial charge >= 0.3 is 11.8 Å². The topological polar surface area (TPSA) is 118 Å². The first-order valence-corrected chi connectivity index (χ1v) is 12.4. The third-order valence-corrected chi connectivity index (χ3v) is 5.59. The molecule has 0 fully saturated rings. The van der Waals surface area contributed by atoms with Crippen molar-refractivity contribution in [1.29, 1.82) is 0 Å². The highest BCUT2D eigenvalue weighted by atomic mass is 79.9. The SMILES string of the molecule is C=CCOc1ccc(NC(=O)C(=O)N/N=C\c2cc(Br)ccc2OCC(=O)Nc2cc(Cl)ccc2C)cc1. The van der Waals surface area contributed by atoms with Gasteiger partial charge in [0, 0.05) is 26.4 Å². The van der Waals surface area contributed by atoms with Gasteiger partial charge in [0.25, 0.3) is 5.91 Å². The Balaban J connectivity index is 1.55. The van der Waals surface area contributed by atoms with Crippen LogP contribution in [0.4, 0.5) is 11.4 Å². The fraction of sp³-hybridized carbons (Fsp3) is 0.111. The molecule has 11 heteroatoms. The molecule has 0 saturated carbocycles. The zero-order chi connectivity index (χ0) is 27.5. The molecule has 3 rings (SSSR count). The van der Waals surface area contributed by atoms with Crippen LogP contribution < -0.4 is 25.5 Å². The minimum absolute atomic E-state index is 0.277. The highest BCUT2D eigenvalue weighted by Crippen LogP contribution is 2.23. The van der Waals surface area contributed by atoms with Crippen molar-refractivity contribution in [1.82, 2.24) is 5.43 Å². The number of halogens is 2. The van der Waals surface area contributed by atoms with Crippen LogP contribution in [-0.2, 0) is 14.4 Å². The molecular formula is C27H24BrClN4O5. The number of nitrogens with one attached hydrogen (secondary N) is 3. The Bertz CT molecular complexity index is 1360. The molecule has 3 aromatic rings. The number of rotatable bonds is 10. The van der Waals surface area contributed by atoms with E-state index in [4.69, 9.17) is 21.1 Å². The molecule has 0 radical (unpaired) electrons. The largest absolute Gasteiger partial charge is 0.490 e. The highest BCUT2D eigenvalue weighted by molar-refractivity contribution is 9.10. The third kappa shape index (κ3) is 8.75. The van der Waals surface area contributed by atoms with Crippen molar-refractivity contribution in [2.45, 2.75) is 6.92 Å². The Hall–Kier alpha value is -4.15. The van der Waals surface area contributed by atoms with Gasteiger partial charge in [0.05, 0.1) is 6.21 Å². The smallest absolute Gasteiger partial charge is 0.329 e. The van der Waals surface area contributed by atoms with Crippen molar-refractivity contribution in [3.8, 4) is 11.5 Å². The number of hydrogen-bond donors (Lipinski definition) is 3. The first-order valence-electron chi connectivity index (χ1n) is 11.2. The van der Waals surface area contributed by atoms with Gasteiger partial charge in [-0.25, -0.2) is 5.43 Å². The lowest BCUT2D eigenvalue weighted by atomic mass is 10.2. The molecule has 0 bridgehead atoms. The molecule has 0 saturated heterocycles. The Morgan fingerprint density at radius 2 is 1.76 bits per heavy atom. The second kappa shape index (κ2) is 14.0. The molecule has 0 aliphatic rings. The van der Waals surface area contributed by atoms with Crippen LogP contribution in [0.25, 0.3) is 0 Å². The van der Waals surface area contributed by atoms with Crippen molar-refractivity contribution >= 4 is 62.8 Å². The van der Waals surface area contributed by atoms with Crippen LogP contribution >= 0.6 is 27.5 Å². The number of ether oxygens (including phenoxy) is 2. The molecule has 0 aromatic heterocycles.